The van der Waals surface area contributed by atoms with Gasteiger partial charge in [0.2, 0.25) is 0 Å². The van der Waals surface area contributed by atoms with Gasteiger partial charge in [-0.3, -0.25) is 14.4 Å². The Hall–Kier alpha value is -3.78. The summed E-state index contributed by atoms with van der Waals surface area (Å²) in [5.74, 6) is -0.975. The van der Waals surface area contributed by atoms with Crippen LogP contribution in [0, 0.1) is 0 Å². The Morgan fingerprint density at radius 2 is 1.68 bits per heavy atom. The lowest BCUT2D eigenvalue weighted by Crippen LogP contribution is -2.30. The standard InChI is InChI=1S/C22H19ClN4O4/c1-27(19-12-11-18(23)25-26-19)13-21(29)31-14-20(28)24-17-10-6-5-9-16(17)22(30)15-7-3-2-4-8-15/h2-12H,13-14H2,1H3,(H,24,28). The van der Waals surface area contributed by atoms with Gasteiger partial charge in [0, 0.05) is 18.2 Å². The highest BCUT2D eigenvalue weighted by Gasteiger charge is 2.16. The zero-order chi connectivity index (χ0) is 22.2. The van der Waals surface area contributed by atoms with E-state index in [1.165, 1.54) is 4.90 Å². The Kier molecular flexibility index (Phi) is 7.29. The first kappa shape index (κ1) is 21.9. The topological polar surface area (TPSA) is 101 Å². The molecule has 0 fully saturated rings. The number of aromatic nitrogens is 2. The first-order valence-corrected chi connectivity index (χ1v) is 9.66. The number of carbonyl (C=O) groups excluding carboxylic acids is 3. The van der Waals surface area contributed by atoms with E-state index in [-0.39, 0.29) is 17.5 Å². The minimum absolute atomic E-state index is 0.132. The fourth-order valence-electron chi connectivity index (χ4n) is 2.70. The number of halogens is 1. The van der Waals surface area contributed by atoms with Gasteiger partial charge < -0.3 is 15.0 Å². The van der Waals surface area contributed by atoms with Crippen molar-refractivity contribution in [2.45, 2.75) is 0 Å². The van der Waals surface area contributed by atoms with Crippen LogP contribution in [0.2, 0.25) is 5.15 Å². The molecule has 0 aliphatic heterocycles. The number of nitrogens with zero attached hydrogens (tertiary/aromatic N) is 3. The van der Waals surface area contributed by atoms with Gasteiger partial charge in [-0.2, -0.15) is 0 Å². The van der Waals surface area contributed by atoms with Gasteiger partial charge in [-0.25, -0.2) is 0 Å². The predicted molar refractivity (Wildman–Crippen MR) is 116 cm³/mol. The third kappa shape index (κ3) is 6.10. The maximum Gasteiger partial charge on any atom is 0.326 e. The van der Waals surface area contributed by atoms with Crippen molar-refractivity contribution in [3.05, 3.63) is 83.0 Å². The van der Waals surface area contributed by atoms with Crippen LogP contribution < -0.4 is 10.2 Å². The molecule has 1 amide bonds. The first-order chi connectivity index (χ1) is 14.9. The van der Waals surface area contributed by atoms with Gasteiger partial charge in [-0.1, -0.05) is 54.1 Å². The second kappa shape index (κ2) is 10.3. The monoisotopic (exact) mass is 438 g/mol. The minimum Gasteiger partial charge on any atom is -0.454 e. The molecule has 158 valence electrons. The summed E-state index contributed by atoms with van der Waals surface area (Å²) in [5, 5.41) is 10.4. The van der Waals surface area contributed by atoms with Gasteiger partial charge >= 0.3 is 5.97 Å². The van der Waals surface area contributed by atoms with Crippen molar-refractivity contribution in [3.63, 3.8) is 0 Å². The molecule has 3 aromatic rings. The van der Waals surface area contributed by atoms with Crippen molar-refractivity contribution < 1.29 is 19.1 Å². The fraction of sp³-hybridized carbons (Fsp3) is 0.136. The number of hydrogen-bond donors (Lipinski definition) is 1. The van der Waals surface area contributed by atoms with Crippen LogP contribution in [0.1, 0.15) is 15.9 Å². The summed E-state index contributed by atoms with van der Waals surface area (Å²) in [5.41, 5.74) is 1.18. The quantitative estimate of drug-likeness (QED) is 0.426. The number of ketones is 1. The molecule has 0 spiro atoms. The van der Waals surface area contributed by atoms with Crippen LogP contribution >= 0.6 is 11.6 Å². The number of para-hydroxylation sites is 1. The normalized spacial score (nSPS) is 10.3. The van der Waals surface area contributed by atoms with Crippen molar-refractivity contribution in [1.29, 1.82) is 0 Å². The third-order valence-corrected chi connectivity index (χ3v) is 4.42. The number of amides is 1. The van der Waals surface area contributed by atoms with Crippen molar-refractivity contribution >= 4 is 40.8 Å². The SMILES string of the molecule is CN(CC(=O)OCC(=O)Nc1ccccc1C(=O)c1ccccc1)c1ccc(Cl)nn1. The Labute approximate surface area is 183 Å². The van der Waals surface area contributed by atoms with E-state index in [1.54, 1.807) is 67.7 Å². The molecule has 8 nitrogen and oxygen atoms in total. The molecule has 2 aromatic carbocycles. The Bertz CT molecular complexity index is 1070. The van der Waals surface area contributed by atoms with Crippen LogP contribution in [0.3, 0.4) is 0 Å². The maximum atomic E-state index is 12.7. The zero-order valence-electron chi connectivity index (χ0n) is 16.6. The van der Waals surface area contributed by atoms with Crippen LogP contribution in [0.4, 0.5) is 11.5 Å². The molecule has 0 radical (unpaired) electrons. The molecule has 1 aromatic heterocycles. The van der Waals surface area contributed by atoms with E-state index in [4.69, 9.17) is 16.3 Å². The Morgan fingerprint density at radius 1 is 0.968 bits per heavy atom. The number of hydrogen-bond acceptors (Lipinski definition) is 7. The molecular weight excluding hydrogens is 420 g/mol. The van der Waals surface area contributed by atoms with E-state index in [1.807, 2.05) is 6.07 Å². The Morgan fingerprint density at radius 3 is 2.39 bits per heavy atom. The number of nitrogens with one attached hydrogen (secondary N) is 1. The first-order valence-electron chi connectivity index (χ1n) is 9.28. The van der Waals surface area contributed by atoms with Crippen LogP contribution in [0.5, 0.6) is 0 Å². The minimum atomic E-state index is -0.622. The van der Waals surface area contributed by atoms with E-state index in [9.17, 15) is 14.4 Å². The maximum absolute atomic E-state index is 12.7. The molecule has 0 aliphatic rings. The molecule has 1 N–H and O–H groups in total. The number of benzene rings is 2. The molecule has 0 atom stereocenters. The van der Waals surface area contributed by atoms with E-state index in [0.717, 1.165) is 0 Å². The van der Waals surface area contributed by atoms with Gasteiger partial charge in [0.1, 0.15) is 6.54 Å². The lowest BCUT2D eigenvalue weighted by atomic mass is 10.0. The second-order valence-corrected chi connectivity index (χ2v) is 6.91. The highest BCUT2D eigenvalue weighted by molar-refractivity contribution is 6.29. The molecule has 0 saturated carbocycles. The van der Waals surface area contributed by atoms with Crippen LogP contribution in [-0.4, -0.2) is 48.1 Å². The predicted octanol–water partition coefficient (Wildman–Crippen LogP) is 2.98. The van der Waals surface area contributed by atoms with Gasteiger partial charge in [0.25, 0.3) is 5.91 Å². The largest absolute Gasteiger partial charge is 0.454 e. The van der Waals surface area contributed by atoms with Crippen LogP contribution in [0.15, 0.2) is 66.7 Å². The Balaban J connectivity index is 1.56. The fourth-order valence-corrected chi connectivity index (χ4v) is 2.80. The molecular formula is C22H19ClN4O4. The molecule has 1 heterocycles. The number of rotatable bonds is 8. The lowest BCUT2D eigenvalue weighted by molar-refractivity contribution is -0.145. The van der Waals surface area contributed by atoms with Crippen molar-refractivity contribution in [2.75, 3.05) is 30.4 Å². The lowest BCUT2D eigenvalue weighted by Gasteiger charge is -2.16. The van der Waals surface area contributed by atoms with Crippen molar-refractivity contribution in [2.24, 2.45) is 0 Å². The highest BCUT2D eigenvalue weighted by atomic mass is 35.5. The molecule has 9 heteroatoms. The van der Waals surface area contributed by atoms with E-state index in [0.29, 0.717) is 22.6 Å². The molecule has 0 unspecified atom stereocenters. The van der Waals surface area contributed by atoms with Crippen molar-refractivity contribution in [1.82, 2.24) is 10.2 Å². The molecule has 3 rings (SSSR count). The third-order valence-electron chi connectivity index (χ3n) is 4.22. The van der Waals surface area contributed by atoms with Gasteiger partial charge in [0.15, 0.2) is 23.4 Å². The highest BCUT2D eigenvalue weighted by Crippen LogP contribution is 2.19. The van der Waals surface area contributed by atoms with Gasteiger partial charge in [0.05, 0.1) is 5.69 Å². The number of ether oxygens (including phenoxy) is 1. The number of carbonyl (C=O) groups is 3. The summed E-state index contributed by atoms with van der Waals surface area (Å²) < 4.78 is 5.03. The molecule has 0 bridgehead atoms. The zero-order valence-corrected chi connectivity index (χ0v) is 17.4. The summed E-state index contributed by atoms with van der Waals surface area (Å²) in [7, 11) is 1.63. The number of anilines is 2. The summed E-state index contributed by atoms with van der Waals surface area (Å²) in [6.07, 6.45) is 0. The van der Waals surface area contributed by atoms with Crippen LogP contribution in [0.25, 0.3) is 0 Å². The average Bonchev–Trinajstić information content (AvgIpc) is 2.78. The summed E-state index contributed by atoms with van der Waals surface area (Å²) in [6.45, 7) is -0.625. The summed E-state index contributed by atoms with van der Waals surface area (Å²) in [6, 6.07) is 18.5. The van der Waals surface area contributed by atoms with Gasteiger partial charge in [-0.15, -0.1) is 10.2 Å². The summed E-state index contributed by atoms with van der Waals surface area (Å²) in [4.78, 5) is 38.6. The van der Waals surface area contributed by atoms with Crippen molar-refractivity contribution in [3.8, 4) is 0 Å². The van der Waals surface area contributed by atoms with Gasteiger partial charge in [-0.05, 0) is 24.3 Å². The summed E-state index contributed by atoms with van der Waals surface area (Å²) >= 11 is 5.69. The molecule has 31 heavy (non-hydrogen) atoms. The number of esters is 1. The second-order valence-electron chi connectivity index (χ2n) is 6.52. The molecule has 0 aliphatic carbocycles. The van der Waals surface area contributed by atoms with E-state index in [2.05, 4.69) is 15.5 Å². The number of likely N-dealkylation sites (N-methyl/N-ethyl adjacent to an activating group) is 1. The van der Waals surface area contributed by atoms with E-state index >= 15 is 0 Å². The van der Waals surface area contributed by atoms with E-state index < -0.39 is 18.5 Å². The molecule has 0 saturated heterocycles. The average molecular weight is 439 g/mol. The van der Waals surface area contributed by atoms with Crippen LogP contribution in [-0.2, 0) is 14.3 Å². The smallest absolute Gasteiger partial charge is 0.326 e.